The van der Waals surface area contributed by atoms with Crippen molar-refractivity contribution in [2.45, 2.75) is 81.3 Å². The van der Waals surface area contributed by atoms with Gasteiger partial charge in [0.05, 0.1) is 23.5 Å². The van der Waals surface area contributed by atoms with E-state index < -0.39 is 5.92 Å². The highest BCUT2D eigenvalue weighted by Crippen LogP contribution is 2.43. The fourth-order valence-electron chi connectivity index (χ4n) is 10.0. The Hall–Kier alpha value is -5.83. The number of aromatic nitrogens is 4. The number of piperidine rings is 3. The van der Waals surface area contributed by atoms with Gasteiger partial charge < -0.3 is 34.0 Å². The number of hydrogen-bond acceptors (Lipinski definition) is 11. The molecule has 3 aromatic heterocycles. The van der Waals surface area contributed by atoms with Crippen LogP contribution in [0.25, 0.3) is 21.9 Å². The first kappa shape index (κ1) is 36.5. The van der Waals surface area contributed by atoms with Crippen LogP contribution < -0.4 is 15.5 Å². The molecule has 4 saturated heterocycles. The number of hydrogen-bond donors (Lipinski definition) is 2. The van der Waals surface area contributed by atoms with Crippen molar-refractivity contribution in [3.63, 3.8) is 0 Å². The minimum Gasteiger partial charge on any atom is -0.356 e. The molecule has 1 saturated carbocycles. The molecule has 1 aliphatic carbocycles. The molecule has 5 aromatic rings. The first-order valence-corrected chi connectivity index (χ1v) is 20.7. The SMILES string of the molecule is CN1CCN(C2CCCN(c3cnc(C=O)c(Nc4ccc(C5CCN([C@H]6C[C@@H](n7ccc8c9c(C%10CCC(=O)NC%10=O)noc9ccc87)C6)CC5)cc4)n3)C2)C1=O. The fourth-order valence-corrected chi connectivity index (χ4v) is 10.0. The van der Waals surface area contributed by atoms with Crippen molar-refractivity contribution in [1.82, 2.24) is 39.7 Å². The molecule has 5 fully saturated rings. The van der Waals surface area contributed by atoms with Crippen molar-refractivity contribution in [3.8, 4) is 0 Å². The number of likely N-dealkylation sites (tertiary alicyclic amines) is 1. The van der Waals surface area contributed by atoms with E-state index in [0.29, 0.717) is 60.3 Å². The number of urea groups is 1. The predicted molar refractivity (Wildman–Crippen MR) is 217 cm³/mol. The van der Waals surface area contributed by atoms with Crippen molar-refractivity contribution >= 4 is 63.3 Å². The van der Waals surface area contributed by atoms with Gasteiger partial charge in [0, 0.05) is 74.5 Å². The first-order chi connectivity index (χ1) is 28.3. The highest BCUT2D eigenvalue weighted by Gasteiger charge is 2.38. The molecule has 4 aliphatic heterocycles. The number of carbonyl (C=O) groups excluding carboxylic acids is 4. The van der Waals surface area contributed by atoms with E-state index in [1.54, 1.807) is 11.1 Å². The molecule has 2 atom stereocenters. The highest BCUT2D eigenvalue weighted by atomic mass is 16.5. The summed E-state index contributed by atoms with van der Waals surface area (Å²) in [6.45, 7) is 5.14. The highest BCUT2D eigenvalue weighted by molar-refractivity contribution is 6.09. The Balaban J connectivity index is 0.746. The molecular formula is C43H48N10O5. The molecule has 5 aliphatic rings. The number of likely N-dealkylation sites (N-methyl/N-ethyl adjacent to an activating group) is 1. The molecule has 2 aromatic carbocycles. The van der Waals surface area contributed by atoms with Crippen molar-refractivity contribution in [2.75, 3.05) is 56.5 Å². The largest absolute Gasteiger partial charge is 0.356 e. The van der Waals surface area contributed by atoms with Crippen molar-refractivity contribution in [1.29, 1.82) is 0 Å². The Morgan fingerprint density at radius 1 is 0.897 bits per heavy atom. The monoisotopic (exact) mass is 784 g/mol. The molecule has 4 amide bonds. The number of rotatable bonds is 9. The number of carbonyl (C=O) groups is 4. The van der Waals surface area contributed by atoms with E-state index in [9.17, 15) is 19.2 Å². The lowest BCUT2D eigenvalue weighted by molar-refractivity contribution is -0.134. The molecule has 15 nitrogen and oxygen atoms in total. The fraction of sp³-hybridized carbons (Fsp3) is 0.465. The Morgan fingerprint density at radius 3 is 2.48 bits per heavy atom. The lowest BCUT2D eigenvalue weighted by Crippen LogP contribution is -2.49. The van der Waals surface area contributed by atoms with Crippen LogP contribution in [0.1, 0.15) is 91.0 Å². The third kappa shape index (κ3) is 6.54. The van der Waals surface area contributed by atoms with Gasteiger partial charge in [-0.3, -0.25) is 19.7 Å². The van der Waals surface area contributed by atoms with Crippen LogP contribution in [0.4, 0.5) is 22.1 Å². The van der Waals surface area contributed by atoms with Crippen LogP contribution in [0.3, 0.4) is 0 Å². The number of aldehydes is 1. The average molecular weight is 785 g/mol. The van der Waals surface area contributed by atoms with Crippen LogP contribution in [-0.4, -0.2) is 117 Å². The third-order valence-electron chi connectivity index (χ3n) is 13.4. The van der Waals surface area contributed by atoms with E-state index in [4.69, 9.17) is 9.51 Å². The minimum atomic E-state index is -0.496. The molecule has 10 rings (SSSR count). The Bertz CT molecular complexity index is 2400. The molecule has 0 bridgehead atoms. The quantitative estimate of drug-likeness (QED) is 0.142. The molecule has 0 spiro atoms. The summed E-state index contributed by atoms with van der Waals surface area (Å²) < 4.78 is 8.02. The van der Waals surface area contributed by atoms with Crippen LogP contribution in [0.2, 0.25) is 0 Å². The number of amides is 4. The summed E-state index contributed by atoms with van der Waals surface area (Å²) in [7, 11) is 1.85. The normalized spacial score (nSPS) is 24.8. The summed E-state index contributed by atoms with van der Waals surface area (Å²) >= 11 is 0. The van der Waals surface area contributed by atoms with Crippen LogP contribution >= 0.6 is 0 Å². The van der Waals surface area contributed by atoms with E-state index in [-0.39, 0.29) is 29.6 Å². The Labute approximate surface area is 335 Å². The van der Waals surface area contributed by atoms with Crippen LogP contribution in [0, 0.1) is 0 Å². The van der Waals surface area contributed by atoms with E-state index in [2.05, 4.69) is 77.7 Å². The zero-order valence-corrected chi connectivity index (χ0v) is 32.7. The lowest BCUT2D eigenvalue weighted by atomic mass is 9.82. The maximum atomic E-state index is 12.7. The summed E-state index contributed by atoms with van der Waals surface area (Å²) in [4.78, 5) is 67.0. The maximum absolute atomic E-state index is 12.7. The lowest BCUT2D eigenvalue weighted by Gasteiger charge is -2.46. The molecular weight excluding hydrogens is 737 g/mol. The number of imide groups is 1. The second kappa shape index (κ2) is 14.8. The maximum Gasteiger partial charge on any atom is 0.320 e. The van der Waals surface area contributed by atoms with E-state index in [1.165, 1.54) is 5.56 Å². The summed E-state index contributed by atoms with van der Waals surface area (Å²) in [6.07, 6.45) is 11.6. The number of benzene rings is 2. The van der Waals surface area contributed by atoms with Gasteiger partial charge in [-0.15, -0.1) is 0 Å². The van der Waals surface area contributed by atoms with Crippen molar-refractivity contribution in [3.05, 3.63) is 71.8 Å². The van der Waals surface area contributed by atoms with Crippen LogP contribution in [0.5, 0.6) is 0 Å². The van der Waals surface area contributed by atoms with Gasteiger partial charge in [0.2, 0.25) is 11.8 Å². The second-order valence-electron chi connectivity index (χ2n) is 16.7. The van der Waals surface area contributed by atoms with Gasteiger partial charge in [0.1, 0.15) is 17.2 Å². The topological polar surface area (TPSA) is 162 Å². The van der Waals surface area contributed by atoms with E-state index in [0.717, 1.165) is 99.5 Å². The van der Waals surface area contributed by atoms with Gasteiger partial charge in [-0.25, -0.2) is 14.8 Å². The number of nitrogens with zero attached hydrogens (tertiary/aromatic N) is 8. The van der Waals surface area contributed by atoms with Crippen molar-refractivity contribution in [2.24, 2.45) is 0 Å². The van der Waals surface area contributed by atoms with E-state index >= 15 is 0 Å². The van der Waals surface area contributed by atoms with Gasteiger partial charge in [-0.1, -0.05) is 17.3 Å². The first-order valence-electron chi connectivity index (χ1n) is 20.7. The van der Waals surface area contributed by atoms with Gasteiger partial charge in [0.15, 0.2) is 17.7 Å². The van der Waals surface area contributed by atoms with Gasteiger partial charge in [0.25, 0.3) is 0 Å². The standard InChI is InChI=1S/C43H48N10O5/c1-49-19-20-53(43(49)57)29-3-2-15-51(24-29)37-23-44-34(25-54)41(46-37)45-28-6-4-26(5-7-28)27-12-16-50(17-13-27)30-21-31(22-30)52-18-14-32-35(52)9-10-36-39(32)40(48-58-36)33-8-11-38(55)47-42(33)56/h4-7,9-10,14,18,23,25,27,29-31,33H,2-3,8,11-13,15-17,19-22,24H2,1H3,(H,45,46)(H,47,55,56)/t29?,30-,31+,33?. The summed E-state index contributed by atoms with van der Waals surface area (Å²) in [6, 6.07) is 15.8. The van der Waals surface area contributed by atoms with Crippen LogP contribution in [0.15, 0.2) is 59.4 Å². The molecule has 7 heterocycles. The summed E-state index contributed by atoms with van der Waals surface area (Å²) in [5.74, 6) is 0.583. The molecule has 15 heteroatoms. The molecule has 0 radical (unpaired) electrons. The van der Waals surface area contributed by atoms with E-state index in [1.807, 2.05) is 18.0 Å². The van der Waals surface area contributed by atoms with Gasteiger partial charge in [-0.2, -0.15) is 0 Å². The van der Waals surface area contributed by atoms with Gasteiger partial charge in [-0.05, 0) is 99.8 Å². The Morgan fingerprint density at radius 2 is 1.72 bits per heavy atom. The molecule has 58 heavy (non-hydrogen) atoms. The molecule has 300 valence electrons. The number of nitrogens with one attached hydrogen (secondary N) is 2. The Kier molecular flexibility index (Phi) is 9.34. The second-order valence-corrected chi connectivity index (χ2v) is 16.7. The third-order valence-corrected chi connectivity index (χ3v) is 13.4. The number of anilines is 3. The summed E-state index contributed by atoms with van der Waals surface area (Å²) in [5, 5.41) is 12.0. The zero-order chi connectivity index (χ0) is 39.5. The summed E-state index contributed by atoms with van der Waals surface area (Å²) in [5.41, 5.74) is 4.83. The smallest absolute Gasteiger partial charge is 0.320 e. The van der Waals surface area contributed by atoms with Crippen LogP contribution in [-0.2, 0) is 9.59 Å². The van der Waals surface area contributed by atoms with Gasteiger partial charge >= 0.3 is 6.03 Å². The number of fused-ring (bicyclic) bond motifs is 3. The minimum absolute atomic E-state index is 0.0851. The molecule has 2 N–H and O–H groups in total. The predicted octanol–water partition coefficient (Wildman–Crippen LogP) is 5.57. The zero-order valence-electron chi connectivity index (χ0n) is 32.7. The average Bonchev–Trinajstić information content (AvgIpc) is 3.95. The van der Waals surface area contributed by atoms with Crippen molar-refractivity contribution < 1.29 is 23.7 Å². The molecule has 2 unspecified atom stereocenters.